The number of benzene rings is 1. The Hall–Kier alpha value is -1.07. The van der Waals surface area contributed by atoms with Crippen LogP contribution in [0.15, 0.2) is 39.4 Å². The van der Waals surface area contributed by atoms with Crippen LogP contribution in [0.5, 0.6) is 0 Å². The second-order valence-electron chi connectivity index (χ2n) is 4.13. The van der Waals surface area contributed by atoms with Gasteiger partial charge < -0.3 is 9.88 Å². The third-order valence-corrected chi connectivity index (χ3v) is 3.40. The minimum absolute atomic E-state index is 0.124. The molecule has 0 bridgehead atoms. The largest absolute Gasteiger partial charge is 0.345 e. The number of halogens is 2. The molecule has 1 aromatic heterocycles. The number of rotatable bonds is 2. The Kier molecular flexibility index (Phi) is 3.92. The lowest BCUT2D eigenvalue weighted by molar-refractivity contribution is 0.101. The monoisotopic (exact) mass is 370 g/mol. The molecule has 1 N–H and O–H groups in total. The van der Waals surface area contributed by atoms with Gasteiger partial charge in [0.2, 0.25) is 0 Å². The van der Waals surface area contributed by atoms with Crippen molar-refractivity contribution in [2.75, 3.05) is 5.32 Å². The third-order valence-electron chi connectivity index (χ3n) is 2.50. The fourth-order valence-corrected chi connectivity index (χ4v) is 2.89. The van der Waals surface area contributed by atoms with Crippen LogP contribution in [0, 0.1) is 6.92 Å². The average molecular weight is 372 g/mol. The topological polar surface area (TPSA) is 34.0 Å². The Labute approximate surface area is 122 Å². The van der Waals surface area contributed by atoms with Crippen LogP contribution in [0.1, 0.15) is 16.1 Å². The van der Waals surface area contributed by atoms with Crippen molar-refractivity contribution in [2.24, 2.45) is 7.05 Å². The van der Waals surface area contributed by atoms with Crippen LogP contribution in [0.25, 0.3) is 0 Å². The zero-order valence-corrected chi connectivity index (χ0v) is 13.2. The van der Waals surface area contributed by atoms with Crippen LogP contribution in [-0.4, -0.2) is 10.5 Å². The fourth-order valence-electron chi connectivity index (χ4n) is 1.75. The number of aromatic nitrogens is 1. The van der Waals surface area contributed by atoms with Crippen LogP contribution in [0.2, 0.25) is 0 Å². The van der Waals surface area contributed by atoms with E-state index in [1.165, 1.54) is 0 Å². The molecule has 18 heavy (non-hydrogen) atoms. The maximum Gasteiger partial charge on any atom is 0.272 e. The van der Waals surface area contributed by atoms with E-state index in [4.69, 9.17) is 0 Å². The van der Waals surface area contributed by atoms with Gasteiger partial charge >= 0.3 is 0 Å². The summed E-state index contributed by atoms with van der Waals surface area (Å²) in [5.74, 6) is -0.124. The van der Waals surface area contributed by atoms with E-state index in [2.05, 4.69) is 37.2 Å². The molecule has 1 aromatic carbocycles. The maximum absolute atomic E-state index is 12.1. The van der Waals surface area contributed by atoms with E-state index in [1.807, 2.05) is 38.4 Å². The summed E-state index contributed by atoms with van der Waals surface area (Å²) in [6.07, 6.45) is 1.85. The number of aryl methyl sites for hydroxylation is 2. The summed E-state index contributed by atoms with van der Waals surface area (Å²) < 4.78 is 3.62. The number of anilines is 1. The van der Waals surface area contributed by atoms with Gasteiger partial charge in [-0.2, -0.15) is 0 Å². The van der Waals surface area contributed by atoms with Gasteiger partial charge in [-0.3, -0.25) is 4.79 Å². The highest BCUT2D eigenvalue weighted by molar-refractivity contribution is 9.10. The molecular formula is C13H12Br2N2O. The molecule has 2 aromatic rings. The van der Waals surface area contributed by atoms with Crippen molar-refractivity contribution in [2.45, 2.75) is 6.92 Å². The van der Waals surface area contributed by atoms with Crippen LogP contribution in [-0.2, 0) is 7.05 Å². The number of carbonyl (C=O) groups is 1. The number of carbonyl (C=O) groups excluding carboxylic acids is 1. The Bertz CT molecular complexity index is 585. The van der Waals surface area contributed by atoms with Gasteiger partial charge in [-0.1, -0.05) is 15.9 Å². The highest BCUT2D eigenvalue weighted by Gasteiger charge is 2.11. The molecule has 3 nitrogen and oxygen atoms in total. The van der Waals surface area contributed by atoms with Crippen molar-refractivity contribution < 1.29 is 4.79 Å². The van der Waals surface area contributed by atoms with E-state index in [1.54, 1.807) is 10.6 Å². The molecule has 0 unspecified atom stereocenters. The van der Waals surface area contributed by atoms with Crippen LogP contribution in [0.4, 0.5) is 5.69 Å². The highest BCUT2D eigenvalue weighted by Crippen LogP contribution is 2.20. The summed E-state index contributed by atoms with van der Waals surface area (Å²) in [6, 6.07) is 7.60. The first-order chi connectivity index (χ1) is 8.45. The molecule has 94 valence electrons. The second kappa shape index (κ2) is 5.28. The lowest BCUT2D eigenvalue weighted by atomic mass is 10.2. The van der Waals surface area contributed by atoms with Gasteiger partial charge in [0.1, 0.15) is 5.69 Å². The average Bonchev–Trinajstić information content (AvgIpc) is 2.56. The third kappa shape index (κ3) is 3.03. The quantitative estimate of drug-likeness (QED) is 0.846. The van der Waals surface area contributed by atoms with Crippen molar-refractivity contribution >= 4 is 43.5 Å². The Balaban J connectivity index is 2.23. The molecule has 1 heterocycles. The maximum atomic E-state index is 12.1. The molecule has 2 rings (SSSR count). The molecule has 0 aliphatic rings. The van der Waals surface area contributed by atoms with E-state index >= 15 is 0 Å². The summed E-state index contributed by atoms with van der Waals surface area (Å²) in [4.78, 5) is 12.1. The Morgan fingerprint density at radius 1 is 1.17 bits per heavy atom. The van der Waals surface area contributed by atoms with E-state index in [9.17, 15) is 4.79 Å². The van der Waals surface area contributed by atoms with Gasteiger partial charge in [0.05, 0.1) is 0 Å². The lowest BCUT2D eigenvalue weighted by Gasteiger charge is -2.07. The molecule has 0 aliphatic heterocycles. The van der Waals surface area contributed by atoms with Crippen molar-refractivity contribution in [1.29, 1.82) is 0 Å². The minimum atomic E-state index is -0.124. The van der Waals surface area contributed by atoms with E-state index in [0.717, 1.165) is 20.2 Å². The van der Waals surface area contributed by atoms with Gasteiger partial charge in [0.15, 0.2) is 0 Å². The zero-order valence-electron chi connectivity index (χ0n) is 10.00. The zero-order chi connectivity index (χ0) is 13.3. The van der Waals surface area contributed by atoms with E-state index < -0.39 is 0 Å². The molecule has 0 fully saturated rings. The molecule has 1 amide bonds. The molecule has 0 spiro atoms. The Morgan fingerprint density at radius 2 is 1.89 bits per heavy atom. The molecule has 5 heteroatoms. The molecule has 0 atom stereocenters. The molecule has 0 radical (unpaired) electrons. The summed E-state index contributed by atoms with van der Waals surface area (Å²) in [5.41, 5.74) is 2.48. The normalized spacial score (nSPS) is 10.4. The molecule has 0 saturated heterocycles. The first-order valence-corrected chi connectivity index (χ1v) is 6.95. The van der Waals surface area contributed by atoms with Crippen LogP contribution in [0.3, 0.4) is 0 Å². The second-order valence-corrected chi connectivity index (χ2v) is 5.96. The van der Waals surface area contributed by atoms with Gasteiger partial charge in [-0.15, -0.1) is 0 Å². The highest BCUT2D eigenvalue weighted by atomic mass is 79.9. The number of amides is 1. The number of hydrogen-bond donors (Lipinski definition) is 1. The Morgan fingerprint density at radius 3 is 2.44 bits per heavy atom. The number of hydrogen-bond acceptors (Lipinski definition) is 1. The van der Waals surface area contributed by atoms with E-state index in [-0.39, 0.29) is 5.91 Å². The fraction of sp³-hybridized carbons (Fsp3) is 0.154. The summed E-state index contributed by atoms with van der Waals surface area (Å²) in [6.45, 7) is 1.99. The van der Waals surface area contributed by atoms with Gasteiger partial charge in [-0.05, 0) is 52.7 Å². The lowest BCUT2D eigenvalue weighted by Crippen LogP contribution is -2.15. The smallest absolute Gasteiger partial charge is 0.272 e. The van der Waals surface area contributed by atoms with Crippen LogP contribution < -0.4 is 5.32 Å². The molecule has 0 saturated carbocycles. The van der Waals surface area contributed by atoms with Crippen LogP contribution >= 0.6 is 31.9 Å². The van der Waals surface area contributed by atoms with Crippen molar-refractivity contribution in [3.63, 3.8) is 0 Å². The van der Waals surface area contributed by atoms with Gasteiger partial charge in [0.25, 0.3) is 5.91 Å². The van der Waals surface area contributed by atoms with Crippen molar-refractivity contribution in [3.8, 4) is 0 Å². The van der Waals surface area contributed by atoms with E-state index in [0.29, 0.717) is 5.69 Å². The number of nitrogens with one attached hydrogen (secondary N) is 1. The number of nitrogens with zero attached hydrogens (tertiary/aromatic N) is 1. The molecule has 0 aliphatic carbocycles. The SMILES string of the molecule is Cc1cc(Br)cc(NC(=O)c2cc(Br)cn2C)c1. The molecular weight excluding hydrogens is 360 g/mol. The first kappa shape index (κ1) is 13.4. The summed E-state index contributed by atoms with van der Waals surface area (Å²) in [5, 5.41) is 2.88. The minimum Gasteiger partial charge on any atom is -0.345 e. The summed E-state index contributed by atoms with van der Waals surface area (Å²) >= 11 is 6.77. The predicted molar refractivity (Wildman–Crippen MR) is 79.9 cm³/mol. The van der Waals surface area contributed by atoms with Crippen molar-refractivity contribution in [1.82, 2.24) is 4.57 Å². The summed E-state index contributed by atoms with van der Waals surface area (Å²) in [7, 11) is 1.84. The first-order valence-electron chi connectivity index (χ1n) is 5.36. The van der Waals surface area contributed by atoms with Crippen molar-refractivity contribution in [3.05, 3.63) is 50.7 Å². The predicted octanol–water partition coefficient (Wildman–Crippen LogP) is 4.11. The standard InChI is InChI=1S/C13H12Br2N2O/c1-8-3-9(14)5-11(4-8)16-13(18)12-6-10(15)7-17(12)2/h3-7H,1-2H3,(H,16,18). The van der Waals surface area contributed by atoms with Gasteiger partial charge in [0, 0.05) is 27.9 Å². The van der Waals surface area contributed by atoms with Gasteiger partial charge in [-0.25, -0.2) is 0 Å².